The lowest BCUT2D eigenvalue weighted by atomic mass is 9.96. The number of nitrogens with zero attached hydrogens (tertiary/aromatic N) is 4. The molecular weight excluding hydrogens is 364 g/mol. The topological polar surface area (TPSA) is 58.6 Å². The Morgan fingerprint density at radius 2 is 2.07 bits per heavy atom. The highest BCUT2D eigenvalue weighted by Gasteiger charge is 2.29. The van der Waals surface area contributed by atoms with Gasteiger partial charge in [0.15, 0.2) is 0 Å². The van der Waals surface area contributed by atoms with Crippen LogP contribution in [0.3, 0.4) is 0 Å². The number of aryl methyl sites for hydroxylation is 1. The molecule has 3 aliphatic rings. The van der Waals surface area contributed by atoms with Crippen molar-refractivity contribution in [3.8, 4) is 5.75 Å². The lowest BCUT2D eigenvalue weighted by Gasteiger charge is -2.36. The van der Waals surface area contributed by atoms with Crippen LogP contribution in [0.5, 0.6) is 5.75 Å². The highest BCUT2D eigenvalue weighted by atomic mass is 16.5. The zero-order valence-electron chi connectivity index (χ0n) is 17.1. The molecule has 6 heteroatoms. The smallest absolute Gasteiger partial charge is 0.222 e. The van der Waals surface area contributed by atoms with Crippen molar-refractivity contribution in [2.45, 2.75) is 45.6 Å². The Bertz CT molecular complexity index is 929. The Morgan fingerprint density at radius 3 is 2.93 bits per heavy atom. The van der Waals surface area contributed by atoms with Crippen molar-refractivity contribution in [3.63, 3.8) is 0 Å². The van der Waals surface area contributed by atoms with Crippen molar-refractivity contribution >= 4 is 11.7 Å². The van der Waals surface area contributed by atoms with Gasteiger partial charge < -0.3 is 14.5 Å². The average molecular weight is 393 g/mol. The summed E-state index contributed by atoms with van der Waals surface area (Å²) >= 11 is 0. The van der Waals surface area contributed by atoms with E-state index in [0.29, 0.717) is 24.9 Å². The summed E-state index contributed by atoms with van der Waals surface area (Å²) in [5.41, 5.74) is 3.38. The molecule has 2 aromatic rings. The van der Waals surface area contributed by atoms with Crippen molar-refractivity contribution in [1.29, 1.82) is 0 Å². The summed E-state index contributed by atoms with van der Waals surface area (Å²) in [6.45, 7) is 6.22. The summed E-state index contributed by atoms with van der Waals surface area (Å²) in [5, 5.41) is 0. The molecule has 1 aromatic heterocycles. The molecule has 0 N–H and O–H groups in total. The van der Waals surface area contributed by atoms with E-state index in [2.05, 4.69) is 21.9 Å². The second-order valence-corrected chi connectivity index (χ2v) is 8.49. The first-order valence-corrected chi connectivity index (χ1v) is 10.8. The maximum Gasteiger partial charge on any atom is 0.222 e. The number of carbonyl (C=O) groups is 1. The monoisotopic (exact) mass is 392 g/mol. The molecule has 4 heterocycles. The maximum atomic E-state index is 12.1. The minimum atomic E-state index is 0.322. The number of hydrogen-bond donors (Lipinski definition) is 0. The first kappa shape index (κ1) is 18.4. The van der Waals surface area contributed by atoms with E-state index in [1.807, 2.05) is 19.1 Å². The molecule has 1 amide bonds. The molecule has 0 saturated carbocycles. The number of likely N-dealkylation sites (tertiary alicyclic amines) is 1. The van der Waals surface area contributed by atoms with Crippen LogP contribution < -0.4 is 9.64 Å². The van der Waals surface area contributed by atoms with Crippen LogP contribution in [-0.4, -0.2) is 47.0 Å². The third kappa shape index (κ3) is 3.68. The molecule has 1 atom stereocenters. The van der Waals surface area contributed by atoms with Gasteiger partial charge in [0.25, 0.3) is 0 Å². The van der Waals surface area contributed by atoms with Gasteiger partial charge >= 0.3 is 0 Å². The summed E-state index contributed by atoms with van der Waals surface area (Å²) in [4.78, 5) is 26.1. The van der Waals surface area contributed by atoms with Crippen LogP contribution in [-0.2, 0) is 17.8 Å². The molecule has 2 fully saturated rings. The number of anilines is 1. The van der Waals surface area contributed by atoms with Gasteiger partial charge in [-0.15, -0.1) is 0 Å². The molecule has 152 valence electrons. The third-order valence-corrected chi connectivity index (χ3v) is 6.36. The standard InChI is InChI=1S/C23H28N4O2/c1-16-24-20-15-29-21-8-3-2-7-18(21)12-19(20)23(25-16)27-11-4-6-17(14-27)13-26-10-5-9-22(26)28/h2-3,7-8,17H,4-6,9-15H2,1H3. The predicted octanol–water partition coefficient (Wildman–Crippen LogP) is 3.11. The number of benzene rings is 1. The van der Waals surface area contributed by atoms with E-state index < -0.39 is 0 Å². The normalized spacial score (nSPS) is 21.4. The number of para-hydroxylation sites is 1. The van der Waals surface area contributed by atoms with Crippen molar-refractivity contribution in [2.24, 2.45) is 5.92 Å². The molecule has 6 nitrogen and oxygen atoms in total. The zero-order valence-corrected chi connectivity index (χ0v) is 17.1. The van der Waals surface area contributed by atoms with Gasteiger partial charge in [-0.1, -0.05) is 18.2 Å². The zero-order chi connectivity index (χ0) is 19.8. The Kier molecular flexibility index (Phi) is 4.86. The lowest BCUT2D eigenvalue weighted by molar-refractivity contribution is -0.128. The predicted molar refractivity (Wildman–Crippen MR) is 111 cm³/mol. The van der Waals surface area contributed by atoms with Gasteiger partial charge in [-0.2, -0.15) is 0 Å². The number of ether oxygens (including phenoxy) is 1. The Hall–Kier alpha value is -2.63. The highest BCUT2D eigenvalue weighted by Crippen LogP contribution is 2.34. The fraction of sp³-hybridized carbons (Fsp3) is 0.522. The maximum absolute atomic E-state index is 12.1. The van der Waals surface area contributed by atoms with Crippen LogP contribution in [0.1, 0.15) is 48.3 Å². The molecule has 2 saturated heterocycles. The van der Waals surface area contributed by atoms with E-state index in [-0.39, 0.29) is 0 Å². The first-order valence-electron chi connectivity index (χ1n) is 10.8. The van der Waals surface area contributed by atoms with Gasteiger partial charge in [-0.3, -0.25) is 4.79 Å². The minimum absolute atomic E-state index is 0.322. The molecule has 5 rings (SSSR count). The second-order valence-electron chi connectivity index (χ2n) is 8.49. The summed E-state index contributed by atoms with van der Waals surface area (Å²) in [6, 6.07) is 8.24. The average Bonchev–Trinajstić information content (AvgIpc) is 3.03. The number of amides is 1. The van der Waals surface area contributed by atoms with E-state index >= 15 is 0 Å². The number of piperidine rings is 1. The Morgan fingerprint density at radius 1 is 1.17 bits per heavy atom. The van der Waals surface area contributed by atoms with Gasteiger partial charge in [-0.05, 0) is 43.7 Å². The van der Waals surface area contributed by atoms with Gasteiger partial charge in [0, 0.05) is 44.6 Å². The van der Waals surface area contributed by atoms with Crippen LogP contribution in [0.25, 0.3) is 0 Å². The van der Waals surface area contributed by atoms with Crippen LogP contribution >= 0.6 is 0 Å². The SMILES string of the molecule is Cc1nc2c(c(N3CCCC(CN4CCCC4=O)C3)n1)Cc1ccccc1OC2. The van der Waals surface area contributed by atoms with Crippen LogP contribution in [0.15, 0.2) is 24.3 Å². The van der Waals surface area contributed by atoms with Crippen LogP contribution in [0, 0.1) is 12.8 Å². The molecular formula is C23H28N4O2. The molecule has 1 aromatic carbocycles. The minimum Gasteiger partial charge on any atom is -0.487 e. The lowest BCUT2D eigenvalue weighted by Crippen LogP contribution is -2.42. The summed E-state index contributed by atoms with van der Waals surface area (Å²) in [6.07, 6.45) is 4.84. The van der Waals surface area contributed by atoms with Crippen molar-refractivity contribution < 1.29 is 9.53 Å². The van der Waals surface area contributed by atoms with Gasteiger partial charge in [0.2, 0.25) is 5.91 Å². The van der Waals surface area contributed by atoms with Gasteiger partial charge in [0.1, 0.15) is 24.0 Å². The van der Waals surface area contributed by atoms with Gasteiger partial charge in [0.05, 0.1) is 5.69 Å². The fourth-order valence-electron chi connectivity index (χ4n) is 4.94. The van der Waals surface area contributed by atoms with E-state index in [1.54, 1.807) is 0 Å². The molecule has 29 heavy (non-hydrogen) atoms. The second kappa shape index (κ2) is 7.65. The number of hydrogen-bond acceptors (Lipinski definition) is 5. The quantitative estimate of drug-likeness (QED) is 0.803. The van der Waals surface area contributed by atoms with E-state index in [4.69, 9.17) is 14.7 Å². The number of rotatable bonds is 3. The van der Waals surface area contributed by atoms with Crippen molar-refractivity contribution in [2.75, 3.05) is 31.1 Å². The highest BCUT2D eigenvalue weighted by molar-refractivity contribution is 5.78. The summed E-state index contributed by atoms with van der Waals surface area (Å²) in [7, 11) is 0. The largest absolute Gasteiger partial charge is 0.487 e. The Labute approximate surface area is 171 Å². The summed E-state index contributed by atoms with van der Waals surface area (Å²) in [5.74, 6) is 3.63. The third-order valence-electron chi connectivity index (χ3n) is 6.36. The van der Waals surface area contributed by atoms with Crippen LogP contribution in [0.2, 0.25) is 0 Å². The molecule has 0 bridgehead atoms. The number of aromatic nitrogens is 2. The molecule has 0 radical (unpaired) electrons. The van der Waals surface area contributed by atoms with E-state index in [1.165, 1.54) is 17.5 Å². The van der Waals surface area contributed by atoms with Gasteiger partial charge in [-0.25, -0.2) is 9.97 Å². The number of fused-ring (bicyclic) bond motifs is 2. The molecule has 3 aliphatic heterocycles. The molecule has 0 aliphatic carbocycles. The summed E-state index contributed by atoms with van der Waals surface area (Å²) < 4.78 is 6.04. The van der Waals surface area contributed by atoms with Crippen LogP contribution in [0.4, 0.5) is 5.82 Å². The fourth-order valence-corrected chi connectivity index (χ4v) is 4.94. The first-order chi connectivity index (χ1) is 14.2. The number of carbonyl (C=O) groups excluding carboxylic acids is 1. The van der Waals surface area contributed by atoms with Crippen molar-refractivity contribution in [3.05, 3.63) is 46.9 Å². The molecule has 0 spiro atoms. The van der Waals surface area contributed by atoms with E-state index in [0.717, 1.165) is 68.5 Å². The molecule has 1 unspecified atom stereocenters. The van der Waals surface area contributed by atoms with E-state index in [9.17, 15) is 4.79 Å². The Balaban J connectivity index is 1.42. The van der Waals surface area contributed by atoms with Crippen molar-refractivity contribution in [1.82, 2.24) is 14.9 Å².